The van der Waals surface area contributed by atoms with E-state index in [0.29, 0.717) is 48.9 Å². The summed E-state index contributed by atoms with van der Waals surface area (Å²) in [5.74, 6) is 6.53. The minimum absolute atomic E-state index is 0.0291. The van der Waals surface area contributed by atoms with E-state index in [2.05, 4.69) is 22.0 Å². The first-order valence-electron chi connectivity index (χ1n) is 9.34. The lowest BCUT2D eigenvalue weighted by Gasteiger charge is -2.37. The third-order valence-electron chi connectivity index (χ3n) is 5.22. The molecular weight excluding hydrogens is 392 g/mol. The van der Waals surface area contributed by atoms with E-state index in [1.54, 1.807) is 12.1 Å². The molecule has 1 spiro atoms. The zero-order valence-corrected chi connectivity index (χ0v) is 16.6. The van der Waals surface area contributed by atoms with Crippen molar-refractivity contribution in [3.63, 3.8) is 0 Å². The molecule has 0 N–H and O–H groups in total. The molecule has 0 bridgehead atoms. The Kier molecular flexibility index (Phi) is 5.12. The molecule has 1 aromatic heterocycles. The highest BCUT2D eigenvalue weighted by molar-refractivity contribution is 6.31. The largest absolute Gasteiger partial charge is 0.388 e. The lowest BCUT2D eigenvalue weighted by Crippen LogP contribution is -2.45. The summed E-state index contributed by atoms with van der Waals surface area (Å²) in [6.45, 7) is 3.05. The van der Waals surface area contributed by atoms with Gasteiger partial charge in [-0.3, -0.25) is 10.1 Å². The molecule has 7 nitrogen and oxygen atoms in total. The van der Waals surface area contributed by atoms with Crippen LogP contribution in [0.15, 0.2) is 41.6 Å². The second-order valence-electron chi connectivity index (χ2n) is 7.26. The van der Waals surface area contributed by atoms with E-state index in [1.807, 2.05) is 30.0 Å². The predicted octanol–water partition coefficient (Wildman–Crippen LogP) is 4.12. The Balaban J connectivity index is 1.43. The van der Waals surface area contributed by atoms with E-state index in [9.17, 15) is 10.1 Å². The van der Waals surface area contributed by atoms with Crippen molar-refractivity contribution in [2.45, 2.75) is 31.8 Å². The number of anilines is 1. The van der Waals surface area contributed by atoms with Crippen molar-refractivity contribution in [2.24, 2.45) is 5.16 Å². The fourth-order valence-corrected chi connectivity index (χ4v) is 3.78. The van der Waals surface area contributed by atoms with Crippen molar-refractivity contribution in [1.29, 1.82) is 0 Å². The molecule has 1 saturated heterocycles. The summed E-state index contributed by atoms with van der Waals surface area (Å²) < 4.78 is 0. The van der Waals surface area contributed by atoms with E-state index in [0.717, 1.165) is 11.3 Å². The minimum atomic E-state index is -0.403. The van der Waals surface area contributed by atoms with Crippen molar-refractivity contribution in [3.05, 3.63) is 62.8 Å². The molecule has 8 heteroatoms. The van der Waals surface area contributed by atoms with E-state index in [4.69, 9.17) is 16.4 Å². The standard InChI is InChI=1S/C21H19ClN4O3/c1-15-6-9-19(26(27)28)20(23-15)25-12-10-21(11-13-25)14-17(24-29-21)8-7-16-4-2-3-5-18(16)22/h2-6,9H,10-14H2,1H3. The molecule has 0 amide bonds. The Morgan fingerprint density at radius 3 is 2.69 bits per heavy atom. The molecule has 2 aromatic rings. The van der Waals surface area contributed by atoms with E-state index in [-0.39, 0.29) is 10.6 Å². The normalized spacial score (nSPS) is 17.3. The molecule has 148 valence electrons. The van der Waals surface area contributed by atoms with Gasteiger partial charge in [-0.15, -0.1) is 0 Å². The molecule has 2 aliphatic rings. The number of benzene rings is 1. The number of halogens is 1. The second kappa shape index (κ2) is 7.72. The number of hydrogen-bond donors (Lipinski definition) is 0. The number of aromatic nitrogens is 1. The Morgan fingerprint density at radius 2 is 1.97 bits per heavy atom. The van der Waals surface area contributed by atoms with Gasteiger partial charge >= 0.3 is 5.69 Å². The average molecular weight is 411 g/mol. The van der Waals surface area contributed by atoms with Crippen LogP contribution in [-0.2, 0) is 4.84 Å². The van der Waals surface area contributed by atoms with Crippen LogP contribution in [0.5, 0.6) is 0 Å². The van der Waals surface area contributed by atoms with Gasteiger partial charge in [0, 0.05) is 49.7 Å². The average Bonchev–Trinajstić information content (AvgIpc) is 3.10. The van der Waals surface area contributed by atoms with Gasteiger partial charge < -0.3 is 9.74 Å². The number of oxime groups is 1. The Morgan fingerprint density at radius 1 is 1.21 bits per heavy atom. The molecule has 0 aliphatic carbocycles. The molecule has 2 aliphatic heterocycles. The van der Waals surface area contributed by atoms with Crippen LogP contribution in [0.2, 0.25) is 5.02 Å². The van der Waals surface area contributed by atoms with Crippen LogP contribution in [0.1, 0.15) is 30.5 Å². The maximum absolute atomic E-state index is 11.4. The van der Waals surface area contributed by atoms with E-state index < -0.39 is 5.60 Å². The third kappa shape index (κ3) is 4.03. The van der Waals surface area contributed by atoms with Crippen molar-refractivity contribution < 1.29 is 9.76 Å². The number of rotatable bonds is 2. The SMILES string of the molecule is Cc1ccc([N+](=O)[O-])c(N2CCC3(CC2)CC(C#Cc2ccccc2Cl)=NO3)n1. The number of piperidine rings is 1. The highest BCUT2D eigenvalue weighted by Crippen LogP contribution is 2.37. The van der Waals surface area contributed by atoms with E-state index in [1.165, 1.54) is 6.07 Å². The summed E-state index contributed by atoms with van der Waals surface area (Å²) in [6.07, 6.45) is 2.02. The molecule has 0 radical (unpaired) electrons. The van der Waals surface area contributed by atoms with Crippen molar-refractivity contribution in [3.8, 4) is 11.8 Å². The molecule has 0 saturated carbocycles. The van der Waals surface area contributed by atoms with Gasteiger partial charge in [0.05, 0.1) is 9.95 Å². The molecule has 3 heterocycles. The third-order valence-corrected chi connectivity index (χ3v) is 5.55. The number of hydrogen-bond acceptors (Lipinski definition) is 6. The molecule has 0 unspecified atom stereocenters. The van der Waals surface area contributed by atoms with Crippen LogP contribution in [0.4, 0.5) is 11.5 Å². The van der Waals surface area contributed by atoms with Gasteiger partial charge in [-0.2, -0.15) is 0 Å². The first-order valence-corrected chi connectivity index (χ1v) is 9.72. The van der Waals surface area contributed by atoms with Gasteiger partial charge in [-0.1, -0.05) is 34.8 Å². The Hall–Kier alpha value is -3.11. The van der Waals surface area contributed by atoms with Crippen LogP contribution in [0.25, 0.3) is 0 Å². The van der Waals surface area contributed by atoms with Gasteiger partial charge in [0.25, 0.3) is 0 Å². The van der Waals surface area contributed by atoms with Gasteiger partial charge in [0.2, 0.25) is 5.82 Å². The van der Waals surface area contributed by atoms with Crippen LogP contribution >= 0.6 is 11.6 Å². The van der Waals surface area contributed by atoms with Crippen molar-refractivity contribution in [2.75, 3.05) is 18.0 Å². The van der Waals surface area contributed by atoms with Crippen LogP contribution in [-0.4, -0.2) is 34.3 Å². The van der Waals surface area contributed by atoms with Gasteiger partial charge in [-0.05, 0) is 31.0 Å². The summed E-state index contributed by atoms with van der Waals surface area (Å²) in [4.78, 5) is 23.1. The minimum Gasteiger partial charge on any atom is -0.388 e. The predicted molar refractivity (Wildman–Crippen MR) is 111 cm³/mol. The molecule has 1 fully saturated rings. The molecule has 29 heavy (non-hydrogen) atoms. The first-order chi connectivity index (χ1) is 14.0. The lowest BCUT2D eigenvalue weighted by molar-refractivity contribution is -0.384. The highest BCUT2D eigenvalue weighted by Gasteiger charge is 2.42. The topological polar surface area (TPSA) is 80.9 Å². The maximum atomic E-state index is 11.4. The van der Waals surface area contributed by atoms with Crippen LogP contribution in [0.3, 0.4) is 0 Å². The van der Waals surface area contributed by atoms with Crippen molar-refractivity contribution >= 4 is 28.8 Å². The number of nitro groups is 1. The summed E-state index contributed by atoms with van der Waals surface area (Å²) in [5.41, 5.74) is 1.83. The Labute approximate surface area is 173 Å². The lowest BCUT2D eigenvalue weighted by atomic mass is 9.87. The fourth-order valence-electron chi connectivity index (χ4n) is 3.60. The van der Waals surface area contributed by atoms with Crippen LogP contribution in [0, 0.1) is 28.9 Å². The first kappa shape index (κ1) is 19.2. The summed E-state index contributed by atoms with van der Waals surface area (Å²) >= 11 is 6.14. The number of aryl methyl sites for hydroxylation is 1. The fraction of sp³-hybridized carbons (Fsp3) is 0.333. The summed E-state index contributed by atoms with van der Waals surface area (Å²) in [5, 5.41) is 16.1. The van der Waals surface area contributed by atoms with Crippen LogP contribution < -0.4 is 4.90 Å². The van der Waals surface area contributed by atoms with Gasteiger partial charge in [0.1, 0.15) is 11.3 Å². The summed E-state index contributed by atoms with van der Waals surface area (Å²) in [7, 11) is 0. The smallest absolute Gasteiger partial charge is 0.311 e. The van der Waals surface area contributed by atoms with Crippen molar-refractivity contribution in [1.82, 2.24) is 4.98 Å². The zero-order chi connectivity index (χ0) is 20.4. The summed E-state index contributed by atoms with van der Waals surface area (Å²) in [6, 6.07) is 10.6. The molecule has 0 atom stereocenters. The number of nitrogens with zero attached hydrogens (tertiary/aromatic N) is 4. The van der Waals surface area contributed by atoms with Gasteiger partial charge in [0.15, 0.2) is 0 Å². The van der Waals surface area contributed by atoms with E-state index >= 15 is 0 Å². The molecule has 1 aromatic carbocycles. The quantitative estimate of drug-likeness (QED) is 0.422. The number of pyridine rings is 1. The van der Waals surface area contributed by atoms with Gasteiger partial charge in [-0.25, -0.2) is 4.98 Å². The maximum Gasteiger partial charge on any atom is 0.311 e. The highest BCUT2D eigenvalue weighted by atomic mass is 35.5. The second-order valence-corrected chi connectivity index (χ2v) is 7.67. The molecule has 4 rings (SSSR count). The Bertz CT molecular complexity index is 1050. The zero-order valence-electron chi connectivity index (χ0n) is 15.9. The monoisotopic (exact) mass is 410 g/mol. The molecular formula is C21H19ClN4O3.